The molecule has 2 amide bonds. The van der Waals surface area contributed by atoms with Crippen LogP contribution in [0, 0.1) is 5.82 Å². The summed E-state index contributed by atoms with van der Waals surface area (Å²) < 4.78 is 25.2. The van der Waals surface area contributed by atoms with E-state index in [-0.39, 0.29) is 17.7 Å². The van der Waals surface area contributed by atoms with E-state index in [0.717, 1.165) is 5.56 Å². The number of primary amides is 1. The average Bonchev–Trinajstić information content (AvgIpc) is 3.25. The van der Waals surface area contributed by atoms with Crippen molar-refractivity contribution in [2.75, 3.05) is 11.9 Å². The number of aromatic nitrogens is 1. The lowest BCUT2D eigenvalue weighted by Crippen LogP contribution is -2.21. The minimum Gasteiger partial charge on any atom is -0.489 e. The second-order valence-corrected chi connectivity index (χ2v) is 8.00. The Hall–Kier alpha value is -4.31. The van der Waals surface area contributed by atoms with Crippen LogP contribution < -0.4 is 15.8 Å². The van der Waals surface area contributed by atoms with Crippen LogP contribution in [-0.4, -0.2) is 29.4 Å². The Bertz CT molecular complexity index is 1390. The molecular weight excluding hydrogens is 461 g/mol. The molecule has 0 saturated carbocycles. The van der Waals surface area contributed by atoms with Crippen LogP contribution in [0.2, 0.25) is 0 Å². The van der Waals surface area contributed by atoms with E-state index in [2.05, 4.69) is 10.3 Å². The van der Waals surface area contributed by atoms with Gasteiger partial charge in [-0.2, -0.15) is 0 Å². The fourth-order valence-corrected chi connectivity index (χ4v) is 4.17. The minimum atomic E-state index is -0.749. The molecular formula is C24H18FN3O5S. The molecule has 0 aliphatic rings. The number of hydrogen-bond donors (Lipinski definition) is 2. The van der Waals surface area contributed by atoms with E-state index in [9.17, 15) is 18.8 Å². The zero-order valence-electron chi connectivity index (χ0n) is 17.6. The van der Waals surface area contributed by atoms with Gasteiger partial charge in [-0.1, -0.05) is 18.2 Å². The number of ether oxygens (including phenoxy) is 2. The summed E-state index contributed by atoms with van der Waals surface area (Å²) in [5.74, 6) is -2.13. The van der Waals surface area contributed by atoms with Gasteiger partial charge in [0.2, 0.25) is 0 Å². The number of rotatable bonds is 8. The van der Waals surface area contributed by atoms with Crippen molar-refractivity contribution in [1.29, 1.82) is 0 Å². The van der Waals surface area contributed by atoms with Gasteiger partial charge in [-0.05, 0) is 29.6 Å². The molecule has 0 spiro atoms. The molecule has 0 aliphatic heterocycles. The highest BCUT2D eigenvalue weighted by Gasteiger charge is 2.17. The summed E-state index contributed by atoms with van der Waals surface area (Å²) in [6.45, 7) is -0.341. The molecule has 4 rings (SSSR count). The Balaban J connectivity index is 1.46. The van der Waals surface area contributed by atoms with Crippen LogP contribution >= 0.6 is 11.3 Å². The summed E-state index contributed by atoms with van der Waals surface area (Å²) in [6, 6.07) is 12.4. The van der Waals surface area contributed by atoms with Gasteiger partial charge in [-0.25, -0.2) is 9.18 Å². The number of carbonyl (C=O) groups excluding carboxylic acids is 3. The maximum atomic E-state index is 13.8. The van der Waals surface area contributed by atoms with Gasteiger partial charge in [0.1, 0.15) is 18.2 Å². The summed E-state index contributed by atoms with van der Waals surface area (Å²) in [6.07, 6.45) is 2.98. The molecule has 2 aromatic carbocycles. The van der Waals surface area contributed by atoms with E-state index in [0.29, 0.717) is 21.5 Å². The topological polar surface area (TPSA) is 121 Å². The molecule has 0 unspecified atom stereocenters. The van der Waals surface area contributed by atoms with Crippen LogP contribution in [0.4, 0.5) is 10.1 Å². The van der Waals surface area contributed by atoms with E-state index >= 15 is 0 Å². The summed E-state index contributed by atoms with van der Waals surface area (Å²) in [4.78, 5) is 39.6. The first-order valence-corrected chi connectivity index (χ1v) is 10.9. The minimum absolute atomic E-state index is 0.0591. The standard InChI is InChI=1S/C24H18FN3O5S/c25-20-7-2-1-6-17(20)23(30)28-15-4-3-5-16(8-15)32-11-14-13-34-22-18(14)9-27-10-19(22)24(31)33-12-21(26)29/h1-10,13H,11-12H2,(H2,26,29)(H,28,30). The third-order valence-electron chi connectivity index (χ3n) is 4.73. The first-order valence-electron chi connectivity index (χ1n) is 10.0. The number of carbonyl (C=O) groups is 3. The van der Waals surface area contributed by atoms with Gasteiger partial charge in [-0.3, -0.25) is 14.6 Å². The van der Waals surface area contributed by atoms with Crippen molar-refractivity contribution in [3.63, 3.8) is 0 Å². The Kier molecular flexibility index (Phi) is 6.79. The number of esters is 1. The molecule has 34 heavy (non-hydrogen) atoms. The van der Waals surface area contributed by atoms with Gasteiger partial charge in [0.15, 0.2) is 6.61 Å². The van der Waals surface area contributed by atoms with Crippen molar-refractivity contribution in [3.8, 4) is 5.75 Å². The van der Waals surface area contributed by atoms with E-state index in [4.69, 9.17) is 15.2 Å². The van der Waals surface area contributed by atoms with Gasteiger partial charge < -0.3 is 20.5 Å². The highest BCUT2D eigenvalue weighted by atomic mass is 32.1. The highest BCUT2D eigenvalue weighted by Crippen LogP contribution is 2.30. The van der Waals surface area contributed by atoms with E-state index in [1.807, 2.05) is 5.38 Å². The second-order valence-electron chi connectivity index (χ2n) is 7.12. The number of benzene rings is 2. The van der Waals surface area contributed by atoms with Crippen LogP contribution in [-0.2, 0) is 16.1 Å². The maximum absolute atomic E-state index is 13.8. The first kappa shape index (κ1) is 22.9. The molecule has 0 atom stereocenters. The van der Waals surface area contributed by atoms with E-state index in [1.54, 1.807) is 36.5 Å². The van der Waals surface area contributed by atoms with Gasteiger partial charge in [-0.15, -0.1) is 11.3 Å². The Morgan fingerprint density at radius 3 is 2.68 bits per heavy atom. The largest absolute Gasteiger partial charge is 0.489 e. The smallest absolute Gasteiger partial charge is 0.341 e. The molecule has 4 aromatic rings. The van der Waals surface area contributed by atoms with Crippen LogP contribution in [0.5, 0.6) is 5.75 Å². The molecule has 2 aromatic heterocycles. The number of fused-ring (bicyclic) bond motifs is 1. The maximum Gasteiger partial charge on any atom is 0.341 e. The molecule has 0 bridgehead atoms. The number of nitrogens with zero attached hydrogens (tertiary/aromatic N) is 1. The summed E-state index contributed by atoms with van der Waals surface area (Å²) in [5.41, 5.74) is 6.42. The van der Waals surface area contributed by atoms with Crippen LogP contribution in [0.3, 0.4) is 0 Å². The number of hydrogen-bond acceptors (Lipinski definition) is 7. The van der Waals surface area contributed by atoms with Gasteiger partial charge in [0, 0.05) is 35.1 Å². The molecule has 172 valence electrons. The molecule has 0 saturated heterocycles. The molecule has 0 aliphatic carbocycles. The van der Waals surface area contributed by atoms with Gasteiger partial charge in [0.05, 0.1) is 15.8 Å². The molecule has 8 nitrogen and oxygen atoms in total. The van der Waals surface area contributed by atoms with Crippen molar-refractivity contribution >= 4 is 44.9 Å². The first-order chi connectivity index (χ1) is 16.4. The summed E-state index contributed by atoms with van der Waals surface area (Å²) in [5, 5.41) is 5.20. The average molecular weight is 479 g/mol. The number of nitrogens with one attached hydrogen (secondary N) is 1. The number of amides is 2. The molecule has 0 fully saturated rings. The van der Waals surface area contributed by atoms with Crippen LogP contribution in [0.1, 0.15) is 26.3 Å². The van der Waals surface area contributed by atoms with Gasteiger partial charge >= 0.3 is 5.97 Å². The van der Waals surface area contributed by atoms with E-state index in [1.165, 1.54) is 35.7 Å². The molecule has 0 radical (unpaired) electrons. The van der Waals surface area contributed by atoms with E-state index < -0.39 is 30.2 Å². The van der Waals surface area contributed by atoms with Crippen LogP contribution in [0.15, 0.2) is 66.3 Å². The van der Waals surface area contributed by atoms with Crippen molar-refractivity contribution in [2.45, 2.75) is 6.61 Å². The molecule has 10 heteroatoms. The summed E-state index contributed by atoms with van der Waals surface area (Å²) >= 11 is 1.32. The lowest BCUT2D eigenvalue weighted by atomic mass is 10.2. The lowest BCUT2D eigenvalue weighted by molar-refractivity contribution is -0.121. The zero-order chi connectivity index (χ0) is 24.1. The monoisotopic (exact) mass is 479 g/mol. The molecule has 2 heterocycles. The van der Waals surface area contributed by atoms with Crippen molar-refractivity contribution in [2.24, 2.45) is 5.73 Å². The number of thiophene rings is 1. The molecule has 3 N–H and O–H groups in total. The Labute approximate surface area is 197 Å². The fourth-order valence-electron chi connectivity index (χ4n) is 3.14. The van der Waals surface area contributed by atoms with Crippen molar-refractivity contribution < 1.29 is 28.2 Å². The normalized spacial score (nSPS) is 10.6. The lowest BCUT2D eigenvalue weighted by Gasteiger charge is -2.10. The predicted octanol–water partition coefficient (Wildman–Crippen LogP) is 3.91. The summed E-state index contributed by atoms with van der Waals surface area (Å²) in [7, 11) is 0. The van der Waals surface area contributed by atoms with Crippen LogP contribution in [0.25, 0.3) is 10.1 Å². The number of anilines is 1. The fraction of sp³-hybridized carbons (Fsp3) is 0.0833. The third-order valence-corrected chi connectivity index (χ3v) is 5.81. The van der Waals surface area contributed by atoms with Gasteiger partial charge in [0.25, 0.3) is 11.8 Å². The number of nitrogens with two attached hydrogens (primary N) is 1. The third kappa shape index (κ3) is 5.18. The number of pyridine rings is 1. The Morgan fingerprint density at radius 2 is 1.88 bits per heavy atom. The highest BCUT2D eigenvalue weighted by molar-refractivity contribution is 7.17. The van der Waals surface area contributed by atoms with Crippen molar-refractivity contribution in [3.05, 3.63) is 88.8 Å². The SMILES string of the molecule is NC(=O)COC(=O)c1cncc2c(COc3cccc(NC(=O)c4ccccc4F)c3)csc12. The predicted molar refractivity (Wildman–Crippen MR) is 124 cm³/mol. The second kappa shape index (κ2) is 10.1. The number of halogens is 1. The van der Waals surface area contributed by atoms with Crippen molar-refractivity contribution in [1.82, 2.24) is 4.98 Å². The Morgan fingerprint density at radius 1 is 1.06 bits per heavy atom. The quantitative estimate of drug-likeness (QED) is 0.370. The zero-order valence-corrected chi connectivity index (χ0v) is 18.4.